The number of carbonyl (C=O) groups excluding carboxylic acids is 1. The van der Waals surface area contributed by atoms with Crippen molar-refractivity contribution in [3.8, 4) is 0 Å². The topological polar surface area (TPSA) is 26.3 Å². The van der Waals surface area contributed by atoms with Gasteiger partial charge in [-0.15, -0.1) is 0 Å². The first kappa shape index (κ1) is 12.4. The summed E-state index contributed by atoms with van der Waals surface area (Å²) >= 11 is 0. The quantitative estimate of drug-likeness (QED) is 0.628. The molecule has 1 atom stereocenters. The van der Waals surface area contributed by atoms with E-state index in [9.17, 15) is 4.79 Å². The Morgan fingerprint density at radius 1 is 1.46 bits per heavy atom. The van der Waals surface area contributed by atoms with Gasteiger partial charge in [-0.05, 0) is 24.8 Å². The van der Waals surface area contributed by atoms with E-state index < -0.39 is 0 Å². The predicted octanol–water partition coefficient (Wildman–Crippen LogP) is 2.58. The zero-order chi connectivity index (χ0) is 10.5. The molecule has 2 heteroatoms. The van der Waals surface area contributed by atoms with Crippen molar-refractivity contribution in [1.29, 1.82) is 0 Å². The largest absolute Gasteiger partial charge is 0.377 e. The monoisotopic (exact) mass is 184 g/mol. The summed E-state index contributed by atoms with van der Waals surface area (Å²) in [4.78, 5) is 10.7. The number of hydrogen-bond donors (Lipinski definition) is 0. The third kappa shape index (κ3) is 7.72. The van der Waals surface area contributed by atoms with E-state index in [1.165, 1.54) is 0 Å². The van der Waals surface area contributed by atoms with E-state index in [0.29, 0.717) is 0 Å². The van der Waals surface area contributed by atoms with Gasteiger partial charge in [-0.3, -0.25) is 4.79 Å². The molecule has 0 bridgehead atoms. The summed E-state index contributed by atoms with van der Waals surface area (Å²) in [5.41, 5.74) is 0.224. The molecule has 0 aromatic heterocycles. The number of rotatable bonds is 4. The van der Waals surface area contributed by atoms with Gasteiger partial charge in [0.15, 0.2) is 5.78 Å². The SMILES string of the molecule is COC(C=CC(C)=O)CC(C)(C)C. The molecule has 76 valence electrons. The maximum atomic E-state index is 10.7. The van der Waals surface area contributed by atoms with Crippen molar-refractivity contribution in [2.75, 3.05) is 7.11 Å². The van der Waals surface area contributed by atoms with Crippen molar-refractivity contribution in [3.05, 3.63) is 12.2 Å². The maximum absolute atomic E-state index is 10.7. The summed E-state index contributed by atoms with van der Waals surface area (Å²) in [5, 5.41) is 0. The molecule has 1 unspecified atom stereocenters. The van der Waals surface area contributed by atoms with Crippen LogP contribution >= 0.6 is 0 Å². The molecule has 0 aliphatic carbocycles. The standard InChI is InChI=1S/C11H20O2/c1-9(12)6-7-10(13-5)8-11(2,3)4/h6-7,10H,8H2,1-5H3. The molecule has 0 aromatic carbocycles. The summed E-state index contributed by atoms with van der Waals surface area (Å²) in [6, 6.07) is 0. The lowest BCUT2D eigenvalue weighted by Crippen LogP contribution is -2.17. The molecule has 0 heterocycles. The first-order valence-corrected chi connectivity index (χ1v) is 4.57. The smallest absolute Gasteiger partial charge is 0.152 e. The molecule has 2 nitrogen and oxygen atoms in total. The normalized spacial score (nSPS) is 14.8. The number of ether oxygens (including phenoxy) is 1. The van der Waals surface area contributed by atoms with Crippen LogP contribution in [-0.4, -0.2) is 19.0 Å². The predicted molar refractivity (Wildman–Crippen MR) is 54.7 cm³/mol. The van der Waals surface area contributed by atoms with Crippen LogP contribution in [0.15, 0.2) is 12.2 Å². The van der Waals surface area contributed by atoms with E-state index in [-0.39, 0.29) is 17.3 Å². The number of hydrogen-bond acceptors (Lipinski definition) is 2. The molecule has 0 amide bonds. The summed E-state index contributed by atoms with van der Waals surface area (Å²) in [6.45, 7) is 8.00. The van der Waals surface area contributed by atoms with Gasteiger partial charge in [-0.1, -0.05) is 26.8 Å². The van der Waals surface area contributed by atoms with Crippen LogP contribution in [0.25, 0.3) is 0 Å². The van der Waals surface area contributed by atoms with Gasteiger partial charge in [0.2, 0.25) is 0 Å². The lowest BCUT2D eigenvalue weighted by Gasteiger charge is -2.22. The lowest BCUT2D eigenvalue weighted by atomic mass is 9.89. The molecule has 0 radical (unpaired) electrons. The Labute approximate surface area is 81.0 Å². The highest BCUT2D eigenvalue weighted by atomic mass is 16.5. The Morgan fingerprint density at radius 2 is 2.00 bits per heavy atom. The van der Waals surface area contributed by atoms with Crippen LogP contribution in [0.1, 0.15) is 34.1 Å². The molecule has 0 spiro atoms. The van der Waals surface area contributed by atoms with Crippen molar-refractivity contribution in [1.82, 2.24) is 0 Å². The minimum atomic E-state index is 0.0453. The molecular weight excluding hydrogens is 164 g/mol. The van der Waals surface area contributed by atoms with E-state index in [1.54, 1.807) is 20.1 Å². The van der Waals surface area contributed by atoms with Crippen LogP contribution < -0.4 is 0 Å². The minimum absolute atomic E-state index is 0.0453. The third-order valence-corrected chi connectivity index (χ3v) is 1.66. The van der Waals surface area contributed by atoms with Gasteiger partial charge in [0, 0.05) is 7.11 Å². The van der Waals surface area contributed by atoms with Gasteiger partial charge in [0.05, 0.1) is 6.10 Å². The fourth-order valence-electron chi connectivity index (χ4n) is 1.08. The fourth-order valence-corrected chi connectivity index (χ4v) is 1.08. The van der Waals surface area contributed by atoms with Crippen LogP contribution in [-0.2, 0) is 9.53 Å². The first-order chi connectivity index (χ1) is 5.85. The molecule has 0 aliphatic heterocycles. The zero-order valence-corrected chi connectivity index (χ0v) is 9.26. The minimum Gasteiger partial charge on any atom is -0.377 e. The lowest BCUT2D eigenvalue weighted by molar-refractivity contribution is -0.112. The average Bonchev–Trinajstić information content (AvgIpc) is 1.95. The zero-order valence-electron chi connectivity index (χ0n) is 9.26. The van der Waals surface area contributed by atoms with Gasteiger partial charge in [-0.25, -0.2) is 0 Å². The molecule has 0 saturated carbocycles. The molecule has 0 saturated heterocycles. The van der Waals surface area contributed by atoms with Gasteiger partial charge in [0.25, 0.3) is 0 Å². The Kier molecular flexibility index (Phi) is 4.92. The summed E-state index contributed by atoms with van der Waals surface area (Å²) in [6.07, 6.45) is 4.37. The summed E-state index contributed by atoms with van der Waals surface area (Å²) < 4.78 is 5.24. The van der Waals surface area contributed by atoms with Crippen LogP contribution in [0.2, 0.25) is 0 Å². The van der Waals surface area contributed by atoms with Crippen molar-refractivity contribution in [3.63, 3.8) is 0 Å². The van der Waals surface area contributed by atoms with Crippen LogP contribution in [0.5, 0.6) is 0 Å². The van der Waals surface area contributed by atoms with E-state index in [4.69, 9.17) is 4.74 Å². The second kappa shape index (κ2) is 5.18. The van der Waals surface area contributed by atoms with Crippen molar-refractivity contribution in [2.24, 2.45) is 5.41 Å². The molecule has 0 fully saturated rings. The molecule has 0 rings (SSSR count). The second-order valence-corrected chi connectivity index (χ2v) is 4.51. The highest BCUT2D eigenvalue weighted by Gasteiger charge is 2.15. The Hall–Kier alpha value is -0.630. The van der Waals surface area contributed by atoms with E-state index >= 15 is 0 Å². The number of carbonyl (C=O) groups is 1. The van der Waals surface area contributed by atoms with Crippen LogP contribution in [0, 0.1) is 5.41 Å². The van der Waals surface area contributed by atoms with Crippen molar-refractivity contribution >= 4 is 5.78 Å². The second-order valence-electron chi connectivity index (χ2n) is 4.51. The van der Waals surface area contributed by atoms with E-state index in [2.05, 4.69) is 20.8 Å². The Morgan fingerprint density at radius 3 is 2.31 bits per heavy atom. The molecule has 0 aliphatic rings. The van der Waals surface area contributed by atoms with Gasteiger partial charge < -0.3 is 4.74 Å². The van der Waals surface area contributed by atoms with Crippen LogP contribution in [0.3, 0.4) is 0 Å². The van der Waals surface area contributed by atoms with Gasteiger partial charge >= 0.3 is 0 Å². The Balaban J connectivity index is 4.12. The number of allylic oxidation sites excluding steroid dienone is 1. The van der Waals surface area contributed by atoms with E-state index in [1.807, 2.05) is 6.08 Å². The van der Waals surface area contributed by atoms with Crippen molar-refractivity contribution in [2.45, 2.75) is 40.2 Å². The van der Waals surface area contributed by atoms with E-state index in [0.717, 1.165) is 6.42 Å². The average molecular weight is 184 g/mol. The highest BCUT2D eigenvalue weighted by molar-refractivity contribution is 5.87. The maximum Gasteiger partial charge on any atom is 0.152 e. The molecular formula is C11H20O2. The summed E-state index contributed by atoms with van der Waals surface area (Å²) in [7, 11) is 1.67. The Bertz CT molecular complexity index is 187. The number of methoxy groups -OCH3 is 1. The molecule has 13 heavy (non-hydrogen) atoms. The third-order valence-electron chi connectivity index (χ3n) is 1.66. The number of ketones is 1. The first-order valence-electron chi connectivity index (χ1n) is 4.57. The van der Waals surface area contributed by atoms with Crippen molar-refractivity contribution < 1.29 is 9.53 Å². The van der Waals surface area contributed by atoms with Crippen LogP contribution in [0.4, 0.5) is 0 Å². The summed E-state index contributed by atoms with van der Waals surface area (Å²) in [5.74, 6) is 0.0657. The van der Waals surface area contributed by atoms with Gasteiger partial charge in [-0.2, -0.15) is 0 Å². The molecule has 0 aromatic rings. The fraction of sp³-hybridized carbons (Fsp3) is 0.727. The molecule has 0 N–H and O–H groups in total. The van der Waals surface area contributed by atoms with Gasteiger partial charge in [0.1, 0.15) is 0 Å². The highest BCUT2D eigenvalue weighted by Crippen LogP contribution is 2.22.